The van der Waals surface area contributed by atoms with E-state index >= 15 is 0 Å². The smallest absolute Gasteiger partial charge is 0.226 e. The lowest BCUT2D eigenvalue weighted by Gasteiger charge is -2.30. The Kier molecular flexibility index (Phi) is 4.72. The van der Waals surface area contributed by atoms with Gasteiger partial charge < -0.3 is 10.2 Å². The van der Waals surface area contributed by atoms with Crippen LogP contribution in [0.2, 0.25) is 10.0 Å². The highest BCUT2D eigenvalue weighted by molar-refractivity contribution is 6.42. The summed E-state index contributed by atoms with van der Waals surface area (Å²) in [7, 11) is 0. The van der Waals surface area contributed by atoms with Crippen LogP contribution in [0, 0.1) is 5.92 Å². The van der Waals surface area contributed by atoms with Crippen molar-refractivity contribution < 1.29 is 4.79 Å². The molecule has 5 heteroatoms. The minimum atomic E-state index is 0.176. The van der Waals surface area contributed by atoms with Crippen molar-refractivity contribution in [1.29, 1.82) is 0 Å². The zero-order valence-electron chi connectivity index (χ0n) is 11.9. The Morgan fingerprint density at radius 3 is 2.48 bits per heavy atom. The first-order valence-electron chi connectivity index (χ1n) is 7.60. The highest BCUT2D eigenvalue weighted by Gasteiger charge is 2.36. The fourth-order valence-corrected chi connectivity index (χ4v) is 3.23. The molecule has 0 radical (unpaired) electrons. The fourth-order valence-electron chi connectivity index (χ4n) is 2.91. The molecule has 1 saturated heterocycles. The molecule has 21 heavy (non-hydrogen) atoms. The summed E-state index contributed by atoms with van der Waals surface area (Å²) in [6, 6.07) is 6.05. The van der Waals surface area contributed by atoms with Crippen LogP contribution in [0.25, 0.3) is 0 Å². The van der Waals surface area contributed by atoms with Gasteiger partial charge in [-0.25, -0.2) is 0 Å². The van der Waals surface area contributed by atoms with E-state index in [1.807, 2.05) is 12.1 Å². The van der Waals surface area contributed by atoms with Crippen molar-refractivity contribution in [2.75, 3.05) is 13.1 Å². The second-order valence-electron chi connectivity index (χ2n) is 5.97. The predicted molar refractivity (Wildman–Crippen MR) is 85.6 cm³/mol. The molecular formula is C16H20Cl2N2O. The van der Waals surface area contributed by atoms with Gasteiger partial charge in [0.2, 0.25) is 5.91 Å². The molecule has 0 atom stereocenters. The number of hydrogen-bond acceptors (Lipinski definition) is 2. The number of nitrogens with one attached hydrogen (secondary N) is 1. The maximum Gasteiger partial charge on any atom is 0.226 e. The molecule has 1 N–H and O–H groups in total. The molecule has 3 nitrogen and oxygen atoms in total. The lowest BCUT2D eigenvalue weighted by Crippen LogP contribution is -2.41. The maximum atomic E-state index is 12.8. The van der Waals surface area contributed by atoms with Crippen molar-refractivity contribution in [1.82, 2.24) is 10.2 Å². The molecule has 0 aromatic heterocycles. The summed E-state index contributed by atoms with van der Waals surface area (Å²) in [5.74, 6) is 0.486. The van der Waals surface area contributed by atoms with E-state index in [9.17, 15) is 4.79 Å². The number of benzene rings is 1. The molecule has 3 rings (SSSR count). The van der Waals surface area contributed by atoms with E-state index in [0.29, 0.717) is 28.5 Å². The largest absolute Gasteiger partial charge is 0.335 e. The molecule has 114 valence electrons. The van der Waals surface area contributed by atoms with E-state index in [0.717, 1.165) is 44.3 Å². The monoisotopic (exact) mass is 326 g/mol. The Morgan fingerprint density at radius 2 is 1.86 bits per heavy atom. The molecule has 1 heterocycles. The minimum absolute atomic E-state index is 0.176. The van der Waals surface area contributed by atoms with E-state index < -0.39 is 0 Å². The van der Waals surface area contributed by atoms with Gasteiger partial charge in [-0.3, -0.25) is 4.79 Å². The summed E-state index contributed by atoms with van der Waals surface area (Å²) in [6.07, 6.45) is 4.14. The van der Waals surface area contributed by atoms with Gasteiger partial charge >= 0.3 is 0 Å². The Labute approximate surface area is 135 Å². The summed E-state index contributed by atoms with van der Waals surface area (Å²) in [6.45, 7) is 2.54. The zero-order chi connectivity index (χ0) is 14.8. The molecular weight excluding hydrogens is 307 g/mol. The minimum Gasteiger partial charge on any atom is -0.335 e. The molecule has 0 bridgehead atoms. The number of hydrogen-bond donors (Lipinski definition) is 1. The Balaban J connectivity index is 1.71. The maximum absolute atomic E-state index is 12.8. The highest BCUT2D eigenvalue weighted by atomic mass is 35.5. The van der Waals surface area contributed by atoms with Gasteiger partial charge in [0.05, 0.1) is 10.0 Å². The highest BCUT2D eigenvalue weighted by Crippen LogP contribution is 2.32. The van der Waals surface area contributed by atoms with Crippen LogP contribution in [0.5, 0.6) is 0 Å². The van der Waals surface area contributed by atoms with Crippen LogP contribution in [0.3, 0.4) is 0 Å². The SMILES string of the molecule is O=C(C1CCNCC1)N(Cc1ccc(Cl)c(Cl)c1)C1CC1. The zero-order valence-corrected chi connectivity index (χ0v) is 13.5. The molecule has 1 aliphatic carbocycles. The summed E-state index contributed by atoms with van der Waals surface area (Å²) in [5, 5.41) is 4.43. The van der Waals surface area contributed by atoms with Gasteiger partial charge in [-0.15, -0.1) is 0 Å². The van der Waals surface area contributed by atoms with E-state index in [4.69, 9.17) is 23.2 Å². The van der Waals surface area contributed by atoms with Gasteiger partial charge in [0.15, 0.2) is 0 Å². The van der Waals surface area contributed by atoms with Crippen molar-refractivity contribution in [2.24, 2.45) is 5.92 Å². The van der Waals surface area contributed by atoms with Crippen LogP contribution in [-0.2, 0) is 11.3 Å². The van der Waals surface area contributed by atoms with E-state index in [1.54, 1.807) is 6.07 Å². The van der Waals surface area contributed by atoms with E-state index in [1.165, 1.54) is 0 Å². The topological polar surface area (TPSA) is 32.3 Å². The number of nitrogens with zero attached hydrogens (tertiary/aromatic N) is 1. The van der Waals surface area contributed by atoms with Crippen molar-refractivity contribution in [3.63, 3.8) is 0 Å². The summed E-state index contributed by atoms with van der Waals surface area (Å²) >= 11 is 12.0. The lowest BCUT2D eigenvalue weighted by molar-refractivity contribution is -0.137. The Hall–Kier alpha value is -0.770. The fraction of sp³-hybridized carbons (Fsp3) is 0.562. The standard InChI is InChI=1S/C16H20Cl2N2O/c17-14-4-1-11(9-15(14)18)10-20(13-2-3-13)16(21)12-5-7-19-8-6-12/h1,4,9,12-13,19H,2-3,5-8,10H2. The third-order valence-electron chi connectivity index (χ3n) is 4.30. The van der Waals surface area contributed by atoms with Gasteiger partial charge in [-0.05, 0) is 56.5 Å². The molecule has 0 unspecified atom stereocenters. The average Bonchev–Trinajstić information content (AvgIpc) is 3.33. The van der Waals surface area contributed by atoms with Gasteiger partial charge in [-0.1, -0.05) is 29.3 Å². The van der Waals surface area contributed by atoms with Crippen molar-refractivity contribution in [3.8, 4) is 0 Å². The van der Waals surface area contributed by atoms with Gasteiger partial charge in [0.1, 0.15) is 0 Å². The molecule has 1 saturated carbocycles. The molecule has 2 aliphatic rings. The first kappa shape index (κ1) is 15.1. The molecule has 1 aliphatic heterocycles. The molecule has 1 aromatic rings. The van der Waals surface area contributed by atoms with Gasteiger partial charge in [0, 0.05) is 18.5 Å². The van der Waals surface area contributed by atoms with Crippen LogP contribution >= 0.6 is 23.2 Å². The third kappa shape index (κ3) is 3.71. The number of halogens is 2. The summed E-state index contributed by atoms with van der Waals surface area (Å²) in [5.41, 5.74) is 1.05. The number of carbonyl (C=O) groups excluding carboxylic acids is 1. The lowest BCUT2D eigenvalue weighted by atomic mass is 9.96. The number of rotatable bonds is 4. The third-order valence-corrected chi connectivity index (χ3v) is 5.04. The van der Waals surface area contributed by atoms with Crippen molar-refractivity contribution in [3.05, 3.63) is 33.8 Å². The van der Waals surface area contributed by atoms with Crippen molar-refractivity contribution >= 4 is 29.1 Å². The molecule has 0 spiro atoms. The van der Waals surface area contributed by atoms with Crippen LogP contribution in [-0.4, -0.2) is 29.9 Å². The number of amides is 1. The van der Waals surface area contributed by atoms with E-state index in [-0.39, 0.29) is 5.92 Å². The van der Waals surface area contributed by atoms with E-state index in [2.05, 4.69) is 10.2 Å². The summed E-state index contributed by atoms with van der Waals surface area (Å²) in [4.78, 5) is 14.8. The summed E-state index contributed by atoms with van der Waals surface area (Å²) < 4.78 is 0. The second kappa shape index (κ2) is 6.55. The second-order valence-corrected chi connectivity index (χ2v) is 6.78. The molecule has 2 fully saturated rings. The predicted octanol–water partition coefficient (Wildman–Crippen LogP) is 3.48. The first-order chi connectivity index (χ1) is 10.1. The van der Waals surface area contributed by atoms with Crippen molar-refractivity contribution in [2.45, 2.75) is 38.3 Å². The van der Waals surface area contributed by atoms with Crippen LogP contribution in [0.15, 0.2) is 18.2 Å². The normalized spacial score (nSPS) is 19.5. The van der Waals surface area contributed by atoms with Gasteiger partial charge in [0.25, 0.3) is 0 Å². The quantitative estimate of drug-likeness (QED) is 0.918. The average molecular weight is 327 g/mol. The number of piperidine rings is 1. The van der Waals surface area contributed by atoms with Gasteiger partial charge in [-0.2, -0.15) is 0 Å². The molecule has 1 amide bonds. The van der Waals surface area contributed by atoms with Crippen LogP contribution in [0.1, 0.15) is 31.2 Å². The number of carbonyl (C=O) groups is 1. The molecule has 1 aromatic carbocycles. The Morgan fingerprint density at radius 1 is 1.14 bits per heavy atom. The van der Waals surface area contributed by atoms with Crippen LogP contribution < -0.4 is 5.32 Å². The first-order valence-corrected chi connectivity index (χ1v) is 8.36. The van der Waals surface area contributed by atoms with Crippen LogP contribution in [0.4, 0.5) is 0 Å². The Bertz CT molecular complexity index is 525.